The van der Waals surface area contributed by atoms with Crippen LogP contribution in [0.2, 0.25) is 0 Å². The molecule has 0 saturated heterocycles. The third-order valence-electron chi connectivity index (χ3n) is 3.62. The molecule has 19 heavy (non-hydrogen) atoms. The molecule has 0 aromatic heterocycles. The topological polar surface area (TPSA) is 43.1 Å². The first-order valence-corrected chi connectivity index (χ1v) is 6.50. The summed E-state index contributed by atoms with van der Waals surface area (Å²) in [4.78, 5) is 12.7. The fourth-order valence-electron chi connectivity index (χ4n) is 2.29. The Morgan fingerprint density at radius 1 is 1.05 bits per heavy atom. The highest BCUT2D eigenvalue weighted by Gasteiger charge is 2.22. The van der Waals surface area contributed by atoms with Crippen LogP contribution in [0.3, 0.4) is 0 Å². The van der Waals surface area contributed by atoms with Crippen LogP contribution >= 0.6 is 0 Å². The smallest absolute Gasteiger partial charge is 0.171 e. The number of carbonyl (C=O) groups excluding carboxylic acids is 1. The van der Waals surface area contributed by atoms with Crippen molar-refractivity contribution in [3.63, 3.8) is 0 Å². The first kappa shape index (κ1) is 13.5. The average molecular weight is 253 g/mol. The van der Waals surface area contributed by atoms with Gasteiger partial charge in [-0.05, 0) is 30.5 Å². The molecule has 0 fully saturated rings. The monoisotopic (exact) mass is 253 g/mol. The predicted octanol–water partition coefficient (Wildman–Crippen LogP) is 3.23. The molecule has 0 aliphatic carbocycles. The minimum Gasteiger partial charge on any atom is -0.329 e. The molecule has 2 nitrogen and oxygen atoms in total. The molecule has 1 unspecified atom stereocenters. The standard InChI is InChI=1S/C17H19NO/c1-12-7-6-10-15(13(12)2)17(19)16(11-18)14-8-4-3-5-9-14/h3-10,16H,11,18H2,1-2H3. The van der Waals surface area contributed by atoms with Gasteiger partial charge in [0.05, 0.1) is 5.92 Å². The summed E-state index contributed by atoms with van der Waals surface area (Å²) in [5.41, 5.74) is 9.75. The number of Topliss-reactive ketones (excluding diaryl/α,β-unsaturated/α-hetero) is 1. The predicted molar refractivity (Wildman–Crippen MR) is 78.5 cm³/mol. The summed E-state index contributed by atoms with van der Waals surface area (Å²) in [6.45, 7) is 4.34. The average Bonchev–Trinajstić information content (AvgIpc) is 2.44. The van der Waals surface area contributed by atoms with Gasteiger partial charge in [-0.15, -0.1) is 0 Å². The summed E-state index contributed by atoms with van der Waals surface area (Å²) in [6, 6.07) is 15.6. The highest BCUT2D eigenvalue weighted by atomic mass is 16.1. The molecule has 1 atom stereocenters. The van der Waals surface area contributed by atoms with E-state index in [2.05, 4.69) is 0 Å². The molecule has 0 aliphatic rings. The van der Waals surface area contributed by atoms with E-state index in [-0.39, 0.29) is 11.7 Å². The van der Waals surface area contributed by atoms with Gasteiger partial charge in [-0.1, -0.05) is 48.5 Å². The molecule has 2 heteroatoms. The normalized spacial score (nSPS) is 12.2. The van der Waals surface area contributed by atoms with Gasteiger partial charge in [0.1, 0.15) is 0 Å². The van der Waals surface area contributed by atoms with Gasteiger partial charge in [-0.3, -0.25) is 4.79 Å². The number of nitrogens with two attached hydrogens (primary N) is 1. The third kappa shape index (κ3) is 2.74. The van der Waals surface area contributed by atoms with Crippen LogP contribution in [0.15, 0.2) is 48.5 Å². The zero-order chi connectivity index (χ0) is 13.8. The Kier molecular flexibility index (Phi) is 4.13. The van der Waals surface area contributed by atoms with Crippen molar-refractivity contribution in [2.75, 3.05) is 6.54 Å². The zero-order valence-corrected chi connectivity index (χ0v) is 11.4. The summed E-state index contributed by atoms with van der Waals surface area (Å²) >= 11 is 0. The van der Waals surface area contributed by atoms with Crippen LogP contribution < -0.4 is 5.73 Å². The minimum absolute atomic E-state index is 0.106. The summed E-state index contributed by atoms with van der Waals surface area (Å²) in [6.07, 6.45) is 0. The van der Waals surface area contributed by atoms with Crippen LogP contribution in [0.4, 0.5) is 0 Å². The number of ketones is 1. The fraction of sp³-hybridized carbons (Fsp3) is 0.235. The van der Waals surface area contributed by atoms with Crippen LogP contribution in [-0.4, -0.2) is 12.3 Å². The lowest BCUT2D eigenvalue weighted by atomic mass is 9.88. The van der Waals surface area contributed by atoms with Gasteiger partial charge < -0.3 is 5.73 Å². The lowest BCUT2D eigenvalue weighted by molar-refractivity contribution is 0.0961. The number of hydrogen-bond donors (Lipinski definition) is 1. The Morgan fingerprint density at radius 3 is 2.37 bits per heavy atom. The molecule has 2 rings (SSSR count). The zero-order valence-electron chi connectivity index (χ0n) is 11.4. The van der Waals surface area contributed by atoms with Gasteiger partial charge >= 0.3 is 0 Å². The van der Waals surface area contributed by atoms with E-state index in [0.717, 1.165) is 22.3 Å². The molecule has 0 aliphatic heterocycles. The molecule has 0 bridgehead atoms. The molecule has 98 valence electrons. The van der Waals surface area contributed by atoms with Crippen molar-refractivity contribution >= 4 is 5.78 Å². The quantitative estimate of drug-likeness (QED) is 0.850. The van der Waals surface area contributed by atoms with Crippen molar-refractivity contribution in [3.05, 3.63) is 70.8 Å². The second-order valence-electron chi connectivity index (χ2n) is 4.81. The van der Waals surface area contributed by atoms with Crippen molar-refractivity contribution in [1.29, 1.82) is 0 Å². The number of benzene rings is 2. The lowest BCUT2D eigenvalue weighted by Gasteiger charge is -2.16. The van der Waals surface area contributed by atoms with Gasteiger partial charge in [-0.2, -0.15) is 0 Å². The van der Waals surface area contributed by atoms with E-state index in [1.807, 2.05) is 62.4 Å². The van der Waals surface area contributed by atoms with E-state index in [4.69, 9.17) is 5.73 Å². The van der Waals surface area contributed by atoms with Gasteiger partial charge in [-0.25, -0.2) is 0 Å². The maximum absolute atomic E-state index is 12.7. The Bertz CT molecular complexity index is 575. The van der Waals surface area contributed by atoms with Crippen molar-refractivity contribution in [2.24, 2.45) is 5.73 Å². The van der Waals surface area contributed by atoms with Crippen LogP contribution in [-0.2, 0) is 0 Å². The third-order valence-corrected chi connectivity index (χ3v) is 3.62. The van der Waals surface area contributed by atoms with E-state index in [1.165, 1.54) is 0 Å². The largest absolute Gasteiger partial charge is 0.329 e. The Balaban J connectivity index is 2.39. The summed E-state index contributed by atoms with van der Waals surface area (Å²) < 4.78 is 0. The lowest BCUT2D eigenvalue weighted by Crippen LogP contribution is -2.22. The van der Waals surface area contributed by atoms with Crippen molar-refractivity contribution in [2.45, 2.75) is 19.8 Å². The van der Waals surface area contributed by atoms with Gasteiger partial charge in [0, 0.05) is 12.1 Å². The van der Waals surface area contributed by atoms with E-state index in [9.17, 15) is 4.79 Å². The molecular formula is C17H19NO. The summed E-state index contributed by atoms with van der Waals surface area (Å²) in [7, 11) is 0. The molecule has 2 N–H and O–H groups in total. The van der Waals surface area contributed by atoms with E-state index < -0.39 is 0 Å². The first-order chi connectivity index (χ1) is 9.15. The van der Waals surface area contributed by atoms with Gasteiger partial charge in [0.2, 0.25) is 0 Å². The summed E-state index contributed by atoms with van der Waals surface area (Å²) in [5.74, 6) is -0.156. The van der Waals surface area contributed by atoms with E-state index in [0.29, 0.717) is 6.54 Å². The van der Waals surface area contributed by atoms with Crippen LogP contribution in [0.5, 0.6) is 0 Å². The molecule has 0 radical (unpaired) electrons. The minimum atomic E-state index is -0.262. The molecule has 2 aromatic carbocycles. The second kappa shape index (κ2) is 5.81. The first-order valence-electron chi connectivity index (χ1n) is 6.50. The number of hydrogen-bond acceptors (Lipinski definition) is 2. The maximum atomic E-state index is 12.7. The van der Waals surface area contributed by atoms with E-state index in [1.54, 1.807) is 0 Å². The summed E-state index contributed by atoms with van der Waals surface area (Å²) in [5, 5.41) is 0. The highest BCUT2D eigenvalue weighted by Crippen LogP contribution is 2.23. The Hall–Kier alpha value is -1.93. The van der Waals surface area contributed by atoms with Crippen molar-refractivity contribution in [3.8, 4) is 0 Å². The molecule has 0 heterocycles. The maximum Gasteiger partial charge on any atom is 0.171 e. The molecule has 0 spiro atoms. The molecular weight excluding hydrogens is 234 g/mol. The molecule has 2 aromatic rings. The van der Waals surface area contributed by atoms with Crippen LogP contribution in [0.25, 0.3) is 0 Å². The molecule has 0 amide bonds. The number of carbonyl (C=O) groups is 1. The van der Waals surface area contributed by atoms with E-state index >= 15 is 0 Å². The van der Waals surface area contributed by atoms with Gasteiger partial charge in [0.15, 0.2) is 5.78 Å². The number of aryl methyl sites for hydroxylation is 1. The van der Waals surface area contributed by atoms with Crippen LogP contribution in [0, 0.1) is 13.8 Å². The molecule has 0 saturated carbocycles. The van der Waals surface area contributed by atoms with Crippen molar-refractivity contribution in [1.82, 2.24) is 0 Å². The second-order valence-corrected chi connectivity index (χ2v) is 4.81. The van der Waals surface area contributed by atoms with Crippen molar-refractivity contribution < 1.29 is 4.79 Å². The fourth-order valence-corrected chi connectivity index (χ4v) is 2.29. The number of rotatable bonds is 4. The van der Waals surface area contributed by atoms with Crippen LogP contribution in [0.1, 0.15) is 33.0 Å². The highest BCUT2D eigenvalue weighted by molar-refractivity contribution is 6.02. The van der Waals surface area contributed by atoms with Gasteiger partial charge in [0.25, 0.3) is 0 Å². The SMILES string of the molecule is Cc1cccc(C(=O)C(CN)c2ccccc2)c1C. The Morgan fingerprint density at radius 2 is 1.74 bits per heavy atom. The Labute approximate surface area is 114 Å².